The highest BCUT2D eigenvalue weighted by Gasteiger charge is 2.18. The van der Waals surface area contributed by atoms with Crippen LogP contribution in [0.1, 0.15) is 37.0 Å². The second-order valence-electron chi connectivity index (χ2n) is 6.69. The number of nitrogens with zero attached hydrogens (tertiary/aromatic N) is 2. The predicted octanol–water partition coefficient (Wildman–Crippen LogP) is 3.30. The zero-order valence-electron chi connectivity index (χ0n) is 13.8. The van der Waals surface area contributed by atoms with Crippen molar-refractivity contribution in [3.8, 4) is 0 Å². The molecule has 0 saturated carbocycles. The fourth-order valence-corrected chi connectivity index (χ4v) is 2.95. The summed E-state index contributed by atoms with van der Waals surface area (Å²) < 4.78 is 0. The Bertz CT molecular complexity index is 459. The summed E-state index contributed by atoms with van der Waals surface area (Å²) in [5.74, 6) is 1.07. The fourth-order valence-electron chi connectivity index (χ4n) is 2.95. The summed E-state index contributed by atoms with van der Waals surface area (Å²) >= 11 is 0. The largest absolute Gasteiger partial charge is 0.374 e. The molecule has 2 rings (SSSR count). The highest BCUT2D eigenvalue weighted by molar-refractivity contribution is 5.97. The van der Waals surface area contributed by atoms with Gasteiger partial charge in [-0.3, -0.25) is 4.79 Å². The van der Waals surface area contributed by atoms with Crippen molar-refractivity contribution in [1.29, 1.82) is 0 Å². The van der Waals surface area contributed by atoms with Crippen LogP contribution in [-0.4, -0.2) is 44.4 Å². The van der Waals surface area contributed by atoms with Gasteiger partial charge < -0.3 is 9.80 Å². The van der Waals surface area contributed by atoms with E-state index in [9.17, 15) is 4.79 Å². The highest BCUT2D eigenvalue weighted by Crippen LogP contribution is 2.21. The van der Waals surface area contributed by atoms with Gasteiger partial charge in [-0.1, -0.05) is 13.8 Å². The summed E-state index contributed by atoms with van der Waals surface area (Å²) in [5, 5.41) is 0. The van der Waals surface area contributed by atoms with E-state index >= 15 is 0 Å². The van der Waals surface area contributed by atoms with E-state index in [-0.39, 0.29) is 11.7 Å². The van der Waals surface area contributed by atoms with Gasteiger partial charge in [0.05, 0.1) is 0 Å². The molecule has 0 amide bonds. The maximum absolute atomic E-state index is 12.0. The third kappa shape index (κ3) is 4.31. The van der Waals surface area contributed by atoms with Crippen molar-refractivity contribution in [2.75, 3.05) is 38.6 Å². The summed E-state index contributed by atoms with van der Waals surface area (Å²) in [6, 6.07) is 8.07. The van der Waals surface area contributed by atoms with Crippen molar-refractivity contribution < 1.29 is 4.79 Å². The SMILES string of the molecule is CC(C)C(=O)c1ccc(N(C)CC2CCN(C)CC2)cc1. The molecule has 0 N–H and O–H groups in total. The van der Waals surface area contributed by atoms with Crippen LogP contribution in [0, 0.1) is 11.8 Å². The van der Waals surface area contributed by atoms with Crippen LogP contribution in [0.25, 0.3) is 0 Å². The van der Waals surface area contributed by atoms with E-state index in [1.165, 1.54) is 31.6 Å². The van der Waals surface area contributed by atoms with Crippen LogP contribution in [-0.2, 0) is 0 Å². The van der Waals surface area contributed by atoms with Gasteiger partial charge in [-0.15, -0.1) is 0 Å². The molecule has 0 radical (unpaired) electrons. The van der Waals surface area contributed by atoms with Gasteiger partial charge in [0.15, 0.2) is 5.78 Å². The van der Waals surface area contributed by atoms with Crippen LogP contribution in [0.15, 0.2) is 24.3 Å². The third-order valence-corrected chi connectivity index (χ3v) is 4.49. The lowest BCUT2D eigenvalue weighted by atomic mass is 9.96. The number of Topliss-reactive ketones (excluding diaryl/α,β-unsaturated/α-hetero) is 1. The summed E-state index contributed by atoms with van der Waals surface area (Å²) in [6.45, 7) is 7.41. The predicted molar refractivity (Wildman–Crippen MR) is 89.1 cm³/mol. The maximum atomic E-state index is 12.0. The Morgan fingerprint density at radius 1 is 1.24 bits per heavy atom. The Kier molecular flexibility index (Phi) is 5.40. The Morgan fingerprint density at radius 2 is 1.81 bits per heavy atom. The number of likely N-dealkylation sites (tertiary alicyclic amines) is 1. The van der Waals surface area contributed by atoms with E-state index in [0.717, 1.165) is 18.0 Å². The van der Waals surface area contributed by atoms with Gasteiger partial charge in [0.1, 0.15) is 0 Å². The number of ketones is 1. The van der Waals surface area contributed by atoms with Crippen molar-refractivity contribution >= 4 is 11.5 Å². The van der Waals surface area contributed by atoms with Gasteiger partial charge in [-0.2, -0.15) is 0 Å². The number of carbonyl (C=O) groups is 1. The molecule has 1 aliphatic heterocycles. The standard InChI is InChI=1S/C18H28N2O/c1-14(2)18(21)16-5-7-17(8-6-16)20(4)13-15-9-11-19(3)12-10-15/h5-8,14-15H,9-13H2,1-4H3. The highest BCUT2D eigenvalue weighted by atomic mass is 16.1. The molecule has 0 unspecified atom stereocenters. The lowest BCUT2D eigenvalue weighted by molar-refractivity contribution is 0.0939. The number of hydrogen-bond acceptors (Lipinski definition) is 3. The van der Waals surface area contributed by atoms with E-state index in [1.807, 2.05) is 26.0 Å². The Labute approximate surface area is 128 Å². The number of piperidine rings is 1. The summed E-state index contributed by atoms with van der Waals surface area (Å²) in [7, 11) is 4.35. The Balaban J connectivity index is 1.93. The second-order valence-corrected chi connectivity index (χ2v) is 6.69. The number of carbonyl (C=O) groups excluding carboxylic acids is 1. The first-order valence-electron chi connectivity index (χ1n) is 8.01. The number of rotatable bonds is 5. The lowest BCUT2D eigenvalue weighted by Gasteiger charge is -2.32. The molecule has 3 nitrogen and oxygen atoms in total. The van der Waals surface area contributed by atoms with Crippen LogP contribution in [0.3, 0.4) is 0 Å². The Morgan fingerprint density at radius 3 is 2.33 bits per heavy atom. The monoisotopic (exact) mass is 288 g/mol. The summed E-state index contributed by atoms with van der Waals surface area (Å²) in [4.78, 5) is 16.7. The molecule has 1 aromatic carbocycles. The van der Waals surface area contributed by atoms with Crippen molar-refractivity contribution in [2.45, 2.75) is 26.7 Å². The third-order valence-electron chi connectivity index (χ3n) is 4.49. The smallest absolute Gasteiger partial charge is 0.165 e. The number of hydrogen-bond donors (Lipinski definition) is 0. The zero-order valence-corrected chi connectivity index (χ0v) is 13.8. The topological polar surface area (TPSA) is 23.6 Å². The summed E-state index contributed by atoms with van der Waals surface area (Å²) in [6.07, 6.45) is 2.56. The zero-order chi connectivity index (χ0) is 15.4. The molecule has 1 saturated heterocycles. The average molecular weight is 288 g/mol. The quantitative estimate of drug-likeness (QED) is 0.777. The molecule has 116 valence electrons. The molecular weight excluding hydrogens is 260 g/mol. The lowest BCUT2D eigenvalue weighted by Crippen LogP contribution is -2.35. The van der Waals surface area contributed by atoms with E-state index in [1.54, 1.807) is 0 Å². The number of benzene rings is 1. The van der Waals surface area contributed by atoms with Gasteiger partial charge in [0, 0.05) is 30.8 Å². The van der Waals surface area contributed by atoms with Crippen molar-refractivity contribution in [1.82, 2.24) is 4.90 Å². The normalized spacial score (nSPS) is 17.2. The molecule has 1 fully saturated rings. The first kappa shape index (κ1) is 16.0. The van der Waals surface area contributed by atoms with Crippen molar-refractivity contribution in [2.24, 2.45) is 11.8 Å². The first-order chi connectivity index (χ1) is 9.97. The van der Waals surface area contributed by atoms with Crippen LogP contribution in [0.5, 0.6) is 0 Å². The molecule has 1 aromatic rings. The van der Waals surface area contributed by atoms with Crippen molar-refractivity contribution in [3.63, 3.8) is 0 Å². The second kappa shape index (κ2) is 7.08. The molecule has 1 heterocycles. The van der Waals surface area contributed by atoms with Gasteiger partial charge >= 0.3 is 0 Å². The molecule has 21 heavy (non-hydrogen) atoms. The molecule has 0 bridgehead atoms. The summed E-state index contributed by atoms with van der Waals surface area (Å²) in [5.41, 5.74) is 2.02. The number of anilines is 1. The first-order valence-corrected chi connectivity index (χ1v) is 8.01. The van der Waals surface area contributed by atoms with Gasteiger partial charge in [0.2, 0.25) is 0 Å². The van der Waals surface area contributed by atoms with E-state index in [4.69, 9.17) is 0 Å². The van der Waals surface area contributed by atoms with Crippen LogP contribution in [0.2, 0.25) is 0 Å². The van der Waals surface area contributed by atoms with E-state index < -0.39 is 0 Å². The van der Waals surface area contributed by atoms with Crippen LogP contribution < -0.4 is 4.90 Å². The van der Waals surface area contributed by atoms with Gasteiger partial charge in [0.25, 0.3) is 0 Å². The maximum Gasteiger partial charge on any atom is 0.165 e. The van der Waals surface area contributed by atoms with Crippen molar-refractivity contribution in [3.05, 3.63) is 29.8 Å². The van der Waals surface area contributed by atoms with E-state index in [0.29, 0.717) is 0 Å². The minimum absolute atomic E-state index is 0.0628. The molecule has 0 aromatic heterocycles. The fraction of sp³-hybridized carbons (Fsp3) is 0.611. The molecule has 0 aliphatic carbocycles. The van der Waals surface area contributed by atoms with E-state index in [2.05, 4.69) is 36.0 Å². The molecule has 0 spiro atoms. The van der Waals surface area contributed by atoms with Crippen LogP contribution in [0.4, 0.5) is 5.69 Å². The van der Waals surface area contributed by atoms with Crippen LogP contribution >= 0.6 is 0 Å². The molecule has 1 aliphatic rings. The minimum atomic E-state index is 0.0628. The molecule has 0 atom stereocenters. The average Bonchev–Trinajstić information content (AvgIpc) is 2.49. The molecule has 3 heteroatoms. The Hall–Kier alpha value is -1.35. The minimum Gasteiger partial charge on any atom is -0.374 e. The van der Waals surface area contributed by atoms with Gasteiger partial charge in [-0.05, 0) is 63.2 Å². The molecular formula is C18H28N2O. The van der Waals surface area contributed by atoms with Gasteiger partial charge in [-0.25, -0.2) is 0 Å².